The number of hydrogen-bond acceptors (Lipinski definition) is 4. The summed E-state index contributed by atoms with van der Waals surface area (Å²) in [6.07, 6.45) is 0.909. The summed E-state index contributed by atoms with van der Waals surface area (Å²) >= 11 is 0. The molecule has 2 rings (SSSR count). The fourth-order valence-corrected chi connectivity index (χ4v) is 2.11. The number of aromatic nitrogens is 2. The number of carbonyl (C=O) groups excluding carboxylic acids is 2. The van der Waals surface area contributed by atoms with Gasteiger partial charge < -0.3 is 9.53 Å². The van der Waals surface area contributed by atoms with Gasteiger partial charge in [-0.2, -0.15) is 5.10 Å². The third kappa shape index (κ3) is 3.56. The van der Waals surface area contributed by atoms with E-state index < -0.39 is 5.97 Å². The predicted molar refractivity (Wildman–Crippen MR) is 78.6 cm³/mol. The Morgan fingerprint density at radius 1 is 1.19 bits per heavy atom. The normalized spacial score (nSPS) is 10.4. The van der Waals surface area contributed by atoms with Crippen LogP contribution >= 0.6 is 0 Å². The fourth-order valence-electron chi connectivity index (χ4n) is 2.11. The molecule has 21 heavy (non-hydrogen) atoms. The van der Waals surface area contributed by atoms with Crippen LogP contribution < -0.4 is 4.74 Å². The van der Waals surface area contributed by atoms with Gasteiger partial charge in [-0.3, -0.25) is 4.79 Å². The molecule has 1 aromatic carbocycles. The number of carbonyl (C=O) groups is 2. The van der Waals surface area contributed by atoms with Crippen molar-refractivity contribution in [3.8, 4) is 11.6 Å². The van der Waals surface area contributed by atoms with Crippen LogP contribution in [0.5, 0.6) is 5.88 Å². The number of esters is 1. The molecule has 2 aromatic rings. The zero-order valence-corrected chi connectivity index (χ0v) is 12.4. The van der Waals surface area contributed by atoms with Crippen molar-refractivity contribution >= 4 is 11.8 Å². The van der Waals surface area contributed by atoms with Gasteiger partial charge in [0.1, 0.15) is 5.78 Å². The van der Waals surface area contributed by atoms with Crippen molar-refractivity contribution in [3.63, 3.8) is 0 Å². The molecule has 0 amide bonds. The first-order valence-corrected chi connectivity index (χ1v) is 6.81. The van der Waals surface area contributed by atoms with Crippen molar-refractivity contribution in [2.24, 2.45) is 0 Å². The first-order valence-electron chi connectivity index (χ1n) is 6.81. The third-order valence-electron chi connectivity index (χ3n) is 3.11. The molecule has 110 valence electrons. The van der Waals surface area contributed by atoms with Crippen LogP contribution in [0.2, 0.25) is 0 Å². The van der Waals surface area contributed by atoms with Crippen LogP contribution in [0.25, 0.3) is 5.69 Å². The summed E-state index contributed by atoms with van der Waals surface area (Å²) < 4.78 is 6.94. The van der Waals surface area contributed by atoms with E-state index >= 15 is 0 Å². The van der Waals surface area contributed by atoms with E-state index in [1.54, 1.807) is 11.6 Å². The van der Waals surface area contributed by atoms with E-state index in [2.05, 4.69) is 5.10 Å². The minimum Gasteiger partial charge on any atom is -0.407 e. The van der Waals surface area contributed by atoms with Crippen LogP contribution in [-0.2, 0) is 16.0 Å². The Morgan fingerprint density at radius 2 is 1.86 bits per heavy atom. The molecule has 1 aromatic heterocycles. The maximum atomic E-state index is 11.4. The molecule has 0 radical (unpaired) electrons. The SMILES string of the molecule is CC(=O)CCc1c(C)nn(-c2ccccc2)c1OC(C)=O. The smallest absolute Gasteiger partial charge is 0.309 e. The number of rotatable bonds is 5. The van der Waals surface area contributed by atoms with Gasteiger partial charge in [-0.15, -0.1) is 0 Å². The van der Waals surface area contributed by atoms with Crippen LogP contribution in [0.4, 0.5) is 0 Å². The molecule has 0 fully saturated rings. The lowest BCUT2D eigenvalue weighted by Crippen LogP contribution is -2.09. The molecular formula is C16H18N2O3. The summed E-state index contributed by atoms with van der Waals surface area (Å²) in [6, 6.07) is 9.45. The molecule has 0 atom stereocenters. The third-order valence-corrected chi connectivity index (χ3v) is 3.11. The lowest BCUT2D eigenvalue weighted by Gasteiger charge is -2.08. The zero-order chi connectivity index (χ0) is 15.4. The van der Waals surface area contributed by atoms with Gasteiger partial charge in [0.15, 0.2) is 0 Å². The average molecular weight is 286 g/mol. The van der Waals surface area contributed by atoms with E-state index in [1.165, 1.54) is 6.92 Å². The van der Waals surface area contributed by atoms with E-state index in [-0.39, 0.29) is 5.78 Å². The Hall–Kier alpha value is -2.43. The highest BCUT2D eigenvalue weighted by molar-refractivity contribution is 5.76. The highest BCUT2D eigenvalue weighted by Gasteiger charge is 2.19. The number of benzene rings is 1. The monoisotopic (exact) mass is 286 g/mol. The minimum atomic E-state index is -0.406. The Balaban J connectivity index is 2.47. The second-order valence-corrected chi connectivity index (χ2v) is 4.91. The number of para-hydroxylation sites is 1. The van der Waals surface area contributed by atoms with E-state index in [0.29, 0.717) is 18.7 Å². The second kappa shape index (κ2) is 6.35. The lowest BCUT2D eigenvalue weighted by atomic mass is 10.1. The van der Waals surface area contributed by atoms with E-state index in [9.17, 15) is 9.59 Å². The van der Waals surface area contributed by atoms with Crippen molar-refractivity contribution in [1.29, 1.82) is 0 Å². The average Bonchev–Trinajstić information content (AvgIpc) is 2.73. The van der Waals surface area contributed by atoms with Crippen LogP contribution in [0.3, 0.4) is 0 Å². The van der Waals surface area contributed by atoms with Crippen LogP contribution in [0.1, 0.15) is 31.5 Å². The van der Waals surface area contributed by atoms with Crippen LogP contribution in [0.15, 0.2) is 30.3 Å². The largest absolute Gasteiger partial charge is 0.407 e. The molecule has 0 saturated carbocycles. The van der Waals surface area contributed by atoms with Gasteiger partial charge in [-0.05, 0) is 32.4 Å². The number of hydrogen-bond donors (Lipinski definition) is 0. The van der Waals surface area contributed by atoms with Crippen molar-refractivity contribution < 1.29 is 14.3 Å². The van der Waals surface area contributed by atoms with Crippen molar-refractivity contribution in [2.45, 2.75) is 33.6 Å². The molecule has 0 bridgehead atoms. The molecule has 0 unspecified atom stereocenters. The Kier molecular flexibility index (Phi) is 4.52. The topological polar surface area (TPSA) is 61.2 Å². The standard InChI is InChI=1S/C16H18N2O3/c1-11(19)9-10-15-12(2)17-18(16(15)21-13(3)20)14-7-5-4-6-8-14/h4-8H,9-10H2,1-3H3. The number of nitrogens with zero attached hydrogens (tertiary/aromatic N) is 2. The van der Waals surface area contributed by atoms with Gasteiger partial charge in [-0.25, -0.2) is 4.68 Å². The summed E-state index contributed by atoms with van der Waals surface area (Å²) in [4.78, 5) is 22.6. The quantitative estimate of drug-likeness (QED) is 0.793. The Morgan fingerprint density at radius 3 is 2.43 bits per heavy atom. The molecule has 5 nitrogen and oxygen atoms in total. The van der Waals surface area contributed by atoms with Crippen molar-refractivity contribution in [2.75, 3.05) is 0 Å². The number of Topliss-reactive ketones (excluding diaryl/α,β-unsaturated/α-hetero) is 1. The molecule has 0 aliphatic heterocycles. The van der Waals surface area contributed by atoms with Crippen molar-refractivity contribution in [1.82, 2.24) is 9.78 Å². The van der Waals surface area contributed by atoms with Gasteiger partial charge >= 0.3 is 5.97 Å². The van der Waals surface area contributed by atoms with E-state index in [1.807, 2.05) is 37.3 Å². The Labute approximate surface area is 123 Å². The summed E-state index contributed by atoms with van der Waals surface area (Å²) in [5.74, 6) is 0.0826. The molecule has 0 spiro atoms. The van der Waals surface area contributed by atoms with Gasteiger partial charge in [0.05, 0.1) is 11.4 Å². The molecule has 1 heterocycles. The summed E-state index contributed by atoms with van der Waals surface area (Å²) in [5.41, 5.74) is 2.37. The number of ether oxygens (including phenoxy) is 1. The van der Waals surface area contributed by atoms with Crippen LogP contribution in [-0.4, -0.2) is 21.5 Å². The summed E-state index contributed by atoms with van der Waals surface area (Å²) in [5, 5.41) is 4.44. The van der Waals surface area contributed by atoms with Gasteiger partial charge in [-0.1, -0.05) is 18.2 Å². The fraction of sp³-hybridized carbons (Fsp3) is 0.312. The van der Waals surface area contributed by atoms with E-state index in [4.69, 9.17) is 4.74 Å². The Bertz CT molecular complexity index is 660. The summed E-state index contributed by atoms with van der Waals surface area (Å²) in [6.45, 7) is 4.75. The number of aryl methyl sites for hydroxylation is 1. The molecule has 5 heteroatoms. The number of ketones is 1. The zero-order valence-electron chi connectivity index (χ0n) is 12.4. The first-order chi connectivity index (χ1) is 9.99. The van der Waals surface area contributed by atoms with Gasteiger partial charge in [0, 0.05) is 18.9 Å². The minimum absolute atomic E-state index is 0.0932. The van der Waals surface area contributed by atoms with Crippen molar-refractivity contribution in [3.05, 3.63) is 41.6 Å². The predicted octanol–water partition coefficient (Wildman–Crippen LogP) is 2.63. The first kappa shape index (κ1) is 15.0. The van der Waals surface area contributed by atoms with Gasteiger partial charge in [0.2, 0.25) is 5.88 Å². The maximum Gasteiger partial charge on any atom is 0.309 e. The molecule has 0 N–H and O–H groups in total. The lowest BCUT2D eigenvalue weighted by molar-refractivity contribution is -0.132. The molecule has 0 aliphatic carbocycles. The maximum absolute atomic E-state index is 11.4. The van der Waals surface area contributed by atoms with Crippen LogP contribution in [0, 0.1) is 6.92 Å². The second-order valence-electron chi connectivity index (χ2n) is 4.91. The summed E-state index contributed by atoms with van der Waals surface area (Å²) in [7, 11) is 0. The van der Waals surface area contributed by atoms with E-state index in [0.717, 1.165) is 16.9 Å². The highest BCUT2D eigenvalue weighted by atomic mass is 16.5. The van der Waals surface area contributed by atoms with Gasteiger partial charge in [0.25, 0.3) is 0 Å². The molecular weight excluding hydrogens is 268 g/mol. The molecule has 0 saturated heterocycles. The molecule has 0 aliphatic rings. The highest BCUT2D eigenvalue weighted by Crippen LogP contribution is 2.27.